The van der Waals surface area contributed by atoms with Crippen LogP contribution in [0.5, 0.6) is 0 Å². The number of benzene rings is 2. The third kappa shape index (κ3) is 8.35. The van der Waals surface area contributed by atoms with Gasteiger partial charge in [-0.05, 0) is 30.2 Å². The molecular weight excluding hydrogens is 527 g/mol. The van der Waals surface area contributed by atoms with Gasteiger partial charge in [-0.2, -0.15) is 13.2 Å². The highest BCUT2D eigenvalue weighted by Gasteiger charge is 2.33. The first-order valence-electron chi connectivity index (χ1n) is 9.23. The van der Waals surface area contributed by atoms with Crippen LogP contribution in [0.25, 0.3) is 0 Å². The second-order valence-electron chi connectivity index (χ2n) is 6.88. The quantitative estimate of drug-likeness (QED) is 0.243. The van der Waals surface area contributed by atoms with Gasteiger partial charge in [-0.15, -0.1) is 24.0 Å². The molecule has 0 radical (unpaired) electrons. The Morgan fingerprint density at radius 2 is 1.77 bits per heavy atom. The van der Waals surface area contributed by atoms with Crippen molar-refractivity contribution >= 4 is 35.8 Å². The van der Waals surface area contributed by atoms with Crippen LogP contribution < -0.4 is 10.6 Å². The lowest BCUT2D eigenvalue weighted by atomic mass is 10.1. The number of guanidine groups is 1. The smallest absolute Gasteiger partial charge is 0.350 e. The molecule has 0 aliphatic rings. The topological polar surface area (TPSA) is 56.7 Å². The summed E-state index contributed by atoms with van der Waals surface area (Å²) < 4.78 is 53.0. The molecule has 10 heteroatoms. The zero-order valence-corrected chi connectivity index (χ0v) is 19.7. The molecule has 2 N–H and O–H groups in total. The summed E-state index contributed by atoms with van der Waals surface area (Å²) in [4.78, 5) is 17.5. The maximum atomic E-state index is 13.3. The van der Waals surface area contributed by atoms with Crippen LogP contribution in [0.1, 0.15) is 29.7 Å². The number of aliphatic imine (C=N–C) groups is 1. The zero-order chi connectivity index (χ0) is 22.3. The fourth-order valence-corrected chi connectivity index (χ4v) is 2.61. The van der Waals surface area contributed by atoms with Gasteiger partial charge in [0.25, 0.3) is 0 Å². The van der Waals surface area contributed by atoms with Crippen LogP contribution >= 0.6 is 24.0 Å². The van der Waals surface area contributed by atoms with Crippen molar-refractivity contribution in [3.63, 3.8) is 0 Å². The Balaban J connectivity index is 0.00000480. The molecule has 2 rings (SSSR count). The Labute approximate surface area is 195 Å². The second kappa shape index (κ2) is 11.9. The Morgan fingerprint density at radius 3 is 2.35 bits per heavy atom. The number of amides is 1. The summed E-state index contributed by atoms with van der Waals surface area (Å²) in [5.41, 5.74) is -0.314. The van der Waals surface area contributed by atoms with Crippen LogP contribution in [0, 0.1) is 5.82 Å². The number of hydrogen-bond acceptors (Lipinski definition) is 2. The van der Waals surface area contributed by atoms with Gasteiger partial charge in [0.05, 0.1) is 24.7 Å². The maximum absolute atomic E-state index is 13.3. The highest BCUT2D eigenvalue weighted by Crippen LogP contribution is 2.32. The van der Waals surface area contributed by atoms with E-state index in [-0.39, 0.29) is 60.5 Å². The molecule has 31 heavy (non-hydrogen) atoms. The number of carbonyl (C=O) groups excluding carboxylic acids is 1. The van der Waals surface area contributed by atoms with Gasteiger partial charge < -0.3 is 15.5 Å². The molecule has 0 aliphatic heterocycles. The molecule has 0 spiro atoms. The van der Waals surface area contributed by atoms with Gasteiger partial charge in [-0.3, -0.25) is 4.79 Å². The summed E-state index contributed by atoms with van der Waals surface area (Å²) in [6.07, 6.45) is -4.70. The Morgan fingerprint density at radius 1 is 1.13 bits per heavy atom. The van der Waals surface area contributed by atoms with Crippen LogP contribution in [-0.2, 0) is 17.5 Å². The summed E-state index contributed by atoms with van der Waals surface area (Å²) in [5.74, 6) is -1.03. The predicted octanol–water partition coefficient (Wildman–Crippen LogP) is 4.35. The third-order valence-electron chi connectivity index (χ3n) is 4.34. The van der Waals surface area contributed by atoms with E-state index in [1.165, 1.54) is 4.90 Å². The standard InChI is InChI=1S/C21H24F4N4O.HI/c1-14(15-7-5-4-6-8-15)28-20(27-13-19(30)29(2)3)26-12-16-9-10-17(22)11-18(16)21(23,24)25;/h4-11,14H,12-13H2,1-3H3,(H2,26,27,28);1H. The van der Waals surface area contributed by atoms with Crippen LogP contribution in [0.2, 0.25) is 0 Å². The van der Waals surface area contributed by atoms with Gasteiger partial charge >= 0.3 is 6.18 Å². The normalized spacial score (nSPS) is 12.5. The van der Waals surface area contributed by atoms with E-state index in [1.807, 2.05) is 37.3 Å². The Hall–Kier alpha value is -2.37. The van der Waals surface area contributed by atoms with E-state index in [9.17, 15) is 22.4 Å². The first-order valence-corrected chi connectivity index (χ1v) is 9.23. The lowest BCUT2D eigenvalue weighted by Crippen LogP contribution is -2.43. The number of alkyl halides is 3. The predicted molar refractivity (Wildman–Crippen MR) is 123 cm³/mol. The molecule has 0 heterocycles. The summed E-state index contributed by atoms with van der Waals surface area (Å²) in [7, 11) is 3.18. The summed E-state index contributed by atoms with van der Waals surface area (Å²) in [6.45, 7) is 1.43. The van der Waals surface area contributed by atoms with E-state index in [0.717, 1.165) is 17.7 Å². The first-order chi connectivity index (χ1) is 14.1. The number of rotatable bonds is 6. The molecule has 0 aromatic heterocycles. The maximum Gasteiger partial charge on any atom is 0.416 e. The molecule has 1 amide bonds. The minimum Gasteiger partial charge on any atom is -0.350 e. The van der Waals surface area contributed by atoms with Crippen molar-refractivity contribution in [2.45, 2.75) is 25.7 Å². The van der Waals surface area contributed by atoms with Gasteiger partial charge in [-0.25, -0.2) is 9.38 Å². The molecule has 0 saturated heterocycles. The summed E-state index contributed by atoms with van der Waals surface area (Å²) in [5, 5.41) is 5.91. The van der Waals surface area contributed by atoms with Crippen LogP contribution in [0.3, 0.4) is 0 Å². The fourth-order valence-electron chi connectivity index (χ4n) is 2.61. The van der Waals surface area contributed by atoms with E-state index in [0.29, 0.717) is 6.07 Å². The molecule has 170 valence electrons. The van der Waals surface area contributed by atoms with Gasteiger partial charge in [-0.1, -0.05) is 36.4 Å². The van der Waals surface area contributed by atoms with Crippen LogP contribution in [0.4, 0.5) is 17.6 Å². The first kappa shape index (κ1) is 26.7. The van der Waals surface area contributed by atoms with Crippen molar-refractivity contribution < 1.29 is 22.4 Å². The Bertz CT molecular complexity index is 889. The number of nitrogens with zero attached hydrogens (tertiary/aromatic N) is 2. The molecule has 0 aliphatic carbocycles. The highest BCUT2D eigenvalue weighted by molar-refractivity contribution is 14.0. The van der Waals surface area contributed by atoms with Gasteiger partial charge in [0.2, 0.25) is 5.91 Å². The van der Waals surface area contributed by atoms with E-state index in [1.54, 1.807) is 14.1 Å². The number of likely N-dealkylation sites (N-methyl/N-ethyl adjacent to an activating group) is 1. The van der Waals surface area contributed by atoms with Gasteiger partial charge in [0.1, 0.15) is 5.82 Å². The molecular formula is C21H25F4IN4O. The minimum atomic E-state index is -4.70. The highest BCUT2D eigenvalue weighted by atomic mass is 127. The van der Waals surface area contributed by atoms with Crippen molar-refractivity contribution in [3.8, 4) is 0 Å². The fraction of sp³-hybridized carbons (Fsp3) is 0.333. The molecule has 5 nitrogen and oxygen atoms in total. The minimum absolute atomic E-state index is 0. The van der Waals surface area contributed by atoms with Crippen molar-refractivity contribution in [1.82, 2.24) is 15.5 Å². The van der Waals surface area contributed by atoms with Crippen molar-refractivity contribution in [2.24, 2.45) is 4.99 Å². The van der Waals surface area contributed by atoms with E-state index in [2.05, 4.69) is 15.6 Å². The number of halogens is 5. The van der Waals surface area contributed by atoms with E-state index in [4.69, 9.17) is 0 Å². The molecule has 0 bridgehead atoms. The average molecular weight is 552 g/mol. The summed E-state index contributed by atoms with van der Waals surface area (Å²) in [6, 6.07) is 11.6. The van der Waals surface area contributed by atoms with Gasteiger partial charge in [0.15, 0.2) is 5.96 Å². The zero-order valence-electron chi connectivity index (χ0n) is 17.3. The lowest BCUT2D eigenvalue weighted by Gasteiger charge is -2.20. The second-order valence-corrected chi connectivity index (χ2v) is 6.88. The lowest BCUT2D eigenvalue weighted by molar-refractivity contribution is -0.138. The number of nitrogens with one attached hydrogen (secondary N) is 2. The molecule has 0 fully saturated rings. The van der Waals surface area contributed by atoms with E-state index < -0.39 is 17.6 Å². The molecule has 2 aromatic carbocycles. The number of carbonyl (C=O) groups is 1. The SMILES string of the molecule is CC(NC(=NCc1ccc(F)cc1C(F)(F)F)NCC(=O)N(C)C)c1ccccc1.I. The molecule has 0 saturated carbocycles. The Kier molecular flexibility index (Phi) is 10.2. The van der Waals surface area contributed by atoms with Crippen molar-refractivity contribution in [2.75, 3.05) is 20.6 Å². The van der Waals surface area contributed by atoms with Crippen molar-refractivity contribution in [3.05, 3.63) is 71.0 Å². The van der Waals surface area contributed by atoms with Crippen molar-refractivity contribution in [1.29, 1.82) is 0 Å². The van der Waals surface area contributed by atoms with Gasteiger partial charge in [0, 0.05) is 14.1 Å². The third-order valence-corrected chi connectivity index (χ3v) is 4.34. The molecule has 1 atom stereocenters. The number of hydrogen-bond donors (Lipinski definition) is 2. The van der Waals surface area contributed by atoms with E-state index >= 15 is 0 Å². The average Bonchev–Trinajstić information content (AvgIpc) is 2.70. The molecule has 1 unspecified atom stereocenters. The largest absolute Gasteiger partial charge is 0.416 e. The van der Waals surface area contributed by atoms with Crippen LogP contribution in [-0.4, -0.2) is 37.4 Å². The van der Waals surface area contributed by atoms with Crippen LogP contribution in [0.15, 0.2) is 53.5 Å². The molecule has 2 aromatic rings. The summed E-state index contributed by atoms with van der Waals surface area (Å²) >= 11 is 0. The monoisotopic (exact) mass is 552 g/mol.